The zero-order chi connectivity index (χ0) is 36.2. The van der Waals surface area contributed by atoms with Crippen molar-refractivity contribution in [3.05, 3.63) is 96.1 Å². The van der Waals surface area contributed by atoms with Crippen LogP contribution in [0.15, 0.2) is 85.0 Å². The first-order chi connectivity index (χ1) is 25.3. The third-order valence-corrected chi connectivity index (χ3v) is 11.0. The van der Waals surface area contributed by atoms with Crippen LogP contribution >= 0.6 is 0 Å². The summed E-state index contributed by atoms with van der Waals surface area (Å²) >= 11 is 0. The van der Waals surface area contributed by atoms with Gasteiger partial charge in [0.15, 0.2) is 0 Å². The normalized spacial score (nSPS) is 12.1. The molecule has 1 nitrogen and oxygen atoms in total. The predicted molar refractivity (Wildman–Crippen MR) is 229 cm³/mol. The van der Waals surface area contributed by atoms with E-state index in [1.54, 1.807) is 0 Å². The van der Waals surface area contributed by atoms with E-state index in [-0.39, 0.29) is 0 Å². The highest BCUT2D eigenvalue weighted by Gasteiger charge is 2.27. The van der Waals surface area contributed by atoms with E-state index >= 15 is 0 Å². The summed E-state index contributed by atoms with van der Waals surface area (Å²) in [5.41, 5.74) is 2.97. The van der Waals surface area contributed by atoms with Crippen LogP contribution in [-0.2, 0) is 13.1 Å². The topological polar surface area (TPSA) is 0 Å². The number of hydrogen-bond donors (Lipinski definition) is 0. The van der Waals surface area contributed by atoms with Gasteiger partial charge in [0.1, 0.15) is 13.1 Å². The monoisotopic (exact) mass is 699 g/mol. The van der Waals surface area contributed by atoms with Crippen LogP contribution in [-0.4, -0.2) is 17.6 Å². The second-order valence-electron chi connectivity index (χ2n) is 16.0. The zero-order valence-electron chi connectivity index (χ0n) is 34.2. The first kappa shape index (κ1) is 45.0. The van der Waals surface area contributed by atoms with Crippen molar-refractivity contribution >= 4 is 0 Å². The Hall–Kier alpha value is -2.12. The number of unbranched alkanes of at least 4 members (excludes halogenated alkanes) is 24. The molecule has 0 heterocycles. The minimum absolute atomic E-state index is 1.14. The number of benzene rings is 2. The Morgan fingerprint density at radius 2 is 0.608 bits per heavy atom. The summed E-state index contributed by atoms with van der Waals surface area (Å²) in [5, 5.41) is 0. The number of rotatable bonds is 36. The number of nitrogens with zero attached hydrogens (tertiary/aromatic N) is 1. The van der Waals surface area contributed by atoms with E-state index in [2.05, 4.69) is 98.8 Å². The van der Waals surface area contributed by atoms with E-state index in [9.17, 15) is 0 Å². The molecule has 0 aliphatic carbocycles. The Morgan fingerprint density at radius 3 is 0.922 bits per heavy atom. The van der Waals surface area contributed by atoms with Crippen molar-refractivity contribution < 1.29 is 4.48 Å². The molecule has 0 aromatic heterocycles. The third kappa shape index (κ3) is 26.3. The second-order valence-corrected chi connectivity index (χ2v) is 16.0. The van der Waals surface area contributed by atoms with E-state index in [1.165, 1.54) is 208 Å². The van der Waals surface area contributed by atoms with Crippen molar-refractivity contribution in [2.45, 2.75) is 207 Å². The standard InChI is InChI=1S/C50H84N/c1-3-5-7-9-11-13-15-17-19-21-23-25-27-29-31-39-45-51(47-49-41-35-33-36-42-49,48-50-43-37-34-38-44-50)46-40-32-30-28-26-24-22-20-18-16-14-12-10-8-6-4-2/h25-28,33-38,41-44H,3-24,29-32,39-40,45-48H2,1-2H3/q+1/b27-25+,28-26+. The summed E-state index contributed by atoms with van der Waals surface area (Å²) in [6.45, 7) is 9.42. The van der Waals surface area contributed by atoms with Gasteiger partial charge in [-0.15, -0.1) is 0 Å². The SMILES string of the molecule is CCCCCCCCCCCC/C=C/CCCC[N+](CCCC/C=C/CCCCCCCCCCCC)(Cc1ccccc1)Cc1ccccc1. The molecule has 2 rings (SSSR count). The van der Waals surface area contributed by atoms with E-state index in [0.29, 0.717) is 0 Å². The fraction of sp³-hybridized carbons (Fsp3) is 0.680. The highest BCUT2D eigenvalue weighted by atomic mass is 15.3. The van der Waals surface area contributed by atoms with Crippen LogP contribution < -0.4 is 0 Å². The van der Waals surface area contributed by atoms with Crippen molar-refractivity contribution in [1.82, 2.24) is 0 Å². The molecule has 2 aromatic rings. The quantitative estimate of drug-likeness (QED) is 0.0377. The third-order valence-electron chi connectivity index (χ3n) is 11.0. The van der Waals surface area contributed by atoms with Gasteiger partial charge in [-0.3, -0.25) is 0 Å². The van der Waals surface area contributed by atoms with Gasteiger partial charge in [-0.1, -0.05) is 214 Å². The molecule has 0 aliphatic rings. The Bertz CT molecular complexity index is 952. The lowest BCUT2D eigenvalue weighted by Gasteiger charge is -2.39. The van der Waals surface area contributed by atoms with Gasteiger partial charge >= 0.3 is 0 Å². The van der Waals surface area contributed by atoms with Gasteiger partial charge in [-0.05, 0) is 64.2 Å². The number of allylic oxidation sites excluding steroid dienone is 4. The van der Waals surface area contributed by atoms with E-state index in [1.807, 2.05) is 0 Å². The lowest BCUT2D eigenvalue weighted by atomic mass is 10.0. The predicted octanol–water partition coefficient (Wildman–Crippen LogP) is 16.3. The maximum Gasteiger partial charge on any atom is 0.105 e. The van der Waals surface area contributed by atoms with Gasteiger partial charge in [0.05, 0.1) is 13.1 Å². The smallest absolute Gasteiger partial charge is 0.105 e. The van der Waals surface area contributed by atoms with Crippen molar-refractivity contribution in [3.8, 4) is 0 Å². The maximum absolute atomic E-state index is 2.48. The van der Waals surface area contributed by atoms with Crippen molar-refractivity contribution in [2.24, 2.45) is 0 Å². The van der Waals surface area contributed by atoms with Crippen molar-refractivity contribution in [3.63, 3.8) is 0 Å². The van der Waals surface area contributed by atoms with Gasteiger partial charge in [-0.2, -0.15) is 0 Å². The van der Waals surface area contributed by atoms with Crippen LogP contribution in [0.25, 0.3) is 0 Å². The summed E-state index contributed by atoms with van der Waals surface area (Å²) in [7, 11) is 0. The Labute approximate surface area is 319 Å². The minimum Gasteiger partial charge on any atom is -0.316 e. The molecule has 0 saturated heterocycles. The molecule has 2 aromatic carbocycles. The summed E-state index contributed by atoms with van der Waals surface area (Å²) in [6.07, 6.45) is 48.6. The summed E-state index contributed by atoms with van der Waals surface area (Å²) in [5.74, 6) is 0. The average molecular weight is 699 g/mol. The minimum atomic E-state index is 1.14. The van der Waals surface area contributed by atoms with Crippen LogP contribution in [0.3, 0.4) is 0 Å². The Morgan fingerprint density at radius 1 is 0.333 bits per heavy atom. The van der Waals surface area contributed by atoms with Gasteiger partial charge in [-0.25, -0.2) is 0 Å². The molecular formula is C50H84N+. The Kier molecular flexibility index (Phi) is 29.8. The fourth-order valence-electron chi connectivity index (χ4n) is 7.81. The van der Waals surface area contributed by atoms with Crippen LogP contribution in [0.5, 0.6) is 0 Å². The van der Waals surface area contributed by atoms with E-state index in [4.69, 9.17) is 0 Å². The van der Waals surface area contributed by atoms with Crippen molar-refractivity contribution in [1.29, 1.82) is 0 Å². The number of hydrogen-bond acceptors (Lipinski definition) is 0. The molecule has 0 spiro atoms. The Balaban J connectivity index is 1.73. The average Bonchev–Trinajstić information content (AvgIpc) is 3.15. The van der Waals surface area contributed by atoms with Crippen LogP contribution in [0.2, 0.25) is 0 Å². The summed E-state index contributed by atoms with van der Waals surface area (Å²) < 4.78 is 1.18. The molecule has 288 valence electrons. The number of quaternary nitrogens is 1. The van der Waals surface area contributed by atoms with Crippen LogP contribution in [0.4, 0.5) is 0 Å². The molecule has 0 amide bonds. The molecule has 51 heavy (non-hydrogen) atoms. The molecule has 0 unspecified atom stereocenters. The second kappa shape index (κ2) is 33.7. The van der Waals surface area contributed by atoms with Gasteiger partial charge in [0.2, 0.25) is 0 Å². The van der Waals surface area contributed by atoms with Crippen LogP contribution in [0, 0.1) is 0 Å². The highest BCUT2D eigenvalue weighted by molar-refractivity contribution is 5.15. The summed E-state index contributed by atoms with van der Waals surface area (Å²) in [4.78, 5) is 0. The van der Waals surface area contributed by atoms with Gasteiger partial charge in [0.25, 0.3) is 0 Å². The van der Waals surface area contributed by atoms with E-state index < -0.39 is 0 Å². The fourth-order valence-corrected chi connectivity index (χ4v) is 7.81. The molecule has 0 radical (unpaired) electrons. The molecular weight excluding hydrogens is 615 g/mol. The lowest BCUT2D eigenvalue weighted by Crippen LogP contribution is -2.48. The molecule has 0 saturated carbocycles. The largest absolute Gasteiger partial charge is 0.316 e. The first-order valence-corrected chi connectivity index (χ1v) is 22.5. The highest BCUT2D eigenvalue weighted by Crippen LogP contribution is 2.24. The summed E-state index contributed by atoms with van der Waals surface area (Å²) in [6, 6.07) is 22.6. The molecule has 0 aliphatic heterocycles. The van der Waals surface area contributed by atoms with Crippen LogP contribution in [0.1, 0.15) is 205 Å². The molecule has 1 heteroatoms. The zero-order valence-corrected chi connectivity index (χ0v) is 34.2. The molecule has 0 N–H and O–H groups in total. The maximum atomic E-state index is 2.48. The molecule has 0 fully saturated rings. The first-order valence-electron chi connectivity index (χ1n) is 22.5. The van der Waals surface area contributed by atoms with Gasteiger partial charge in [0, 0.05) is 11.1 Å². The lowest BCUT2D eigenvalue weighted by molar-refractivity contribution is -0.954. The molecule has 0 atom stereocenters. The van der Waals surface area contributed by atoms with Gasteiger partial charge < -0.3 is 4.48 Å². The van der Waals surface area contributed by atoms with E-state index in [0.717, 1.165) is 13.1 Å². The molecule has 0 bridgehead atoms. The van der Waals surface area contributed by atoms with Crippen molar-refractivity contribution in [2.75, 3.05) is 13.1 Å².